The first-order chi connectivity index (χ1) is 7.07. The molecule has 1 fully saturated rings. The minimum Gasteiger partial charge on any atom is -0.377 e. The molecule has 0 saturated carbocycles. The molecular weight excluding hydrogens is 190 g/mol. The molecule has 0 spiro atoms. The molecule has 0 aromatic heterocycles. The third kappa shape index (κ3) is 4.31. The quantitative estimate of drug-likeness (QED) is 0.651. The van der Waals surface area contributed by atoms with E-state index in [0.717, 1.165) is 38.9 Å². The Morgan fingerprint density at radius 1 is 1.53 bits per heavy atom. The van der Waals surface area contributed by atoms with Crippen LogP contribution in [0.2, 0.25) is 0 Å². The molecule has 1 heterocycles. The SMILES string of the molecule is CCOC1CCCN(CC(C)(C)C=O)C1. The molecule has 0 aromatic carbocycles. The number of likely N-dealkylation sites (tertiary alicyclic amines) is 1. The Morgan fingerprint density at radius 3 is 2.87 bits per heavy atom. The van der Waals surface area contributed by atoms with Gasteiger partial charge in [-0.3, -0.25) is 4.90 Å². The van der Waals surface area contributed by atoms with Gasteiger partial charge in [0.15, 0.2) is 0 Å². The highest BCUT2D eigenvalue weighted by Crippen LogP contribution is 2.19. The fourth-order valence-electron chi connectivity index (χ4n) is 2.14. The van der Waals surface area contributed by atoms with Gasteiger partial charge in [0, 0.05) is 25.1 Å². The summed E-state index contributed by atoms with van der Waals surface area (Å²) in [6, 6.07) is 0. The molecule has 3 heteroatoms. The number of hydrogen-bond donors (Lipinski definition) is 0. The summed E-state index contributed by atoms with van der Waals surface area (Å²) >= 11 is 0. The number of carbonyl (C=O) groups is 1. The van der Waals surface area contributed by atoms with Gasteiger partial charge in [0.05, 0.1) is 6.10 Å². The average Bonchev–Trinajstić information content (AvgIpc) is 2.18. The normalized spacial score (nSPS) is 24.1. The van der Waals surface area contributed by atoms with E-state index < -0.39 is 0 Å². The summed E-state index contributed by atoms with van der Waals surface area (Å²) in [4.78, 5) is 13.2. The first-order valence-corrected chi connectivity index (χ1v) is 5.87. The van der Waals surface area contributed by atoms with Crippen molar-refractivity contribution in [2.75, 3.05) is 26.2 Å². The van der Waals surface area contributed by atoms with E-state index in [1.54, 1.807) is 0 Å². The second-order valence-electron chi connectivity index (χ2n) is 5.06. The van der Waals surface area contributed by atoms with Crippen LogP contribution in [-0.2, 0) is 9.53 Å². The van der Waals surface area contributed by atoms with Gasteiger partial charge < -0.3 is 9.53 Å². The van der Waals surface area contributed by atoms with Crippen LogP contribution in [0.3, 0.4) is 0 Å². The Bertz CT molecular complexity index is 202. The van der Waals surface area contributed by atoms with Crippen molar-refractivity contribution in [1.29, 1.82) is 0 Å². The Kier molecular flexibility index (Phi) is 4.74. The standard InChI is InChI=1S/C12H23NO2/c1-4-15-11-6-5-7-13(8-11)9-12(2,3)10-14/h10-11H,4-9H2,1-3H3. The molecule has 1 unspecified atom stereocenters. The third-order valence-corrected chi connectivity index (χ3v) is 2.81. The Hall–Kier alpha value is -0.410. The number of hydrogen-bond acceptors (Lipinski definition) is 3. The van der Waals surface area contributed by atoms with E-state index in [1.807, 2.05) is 20.8 Å². The summed E-state index contributed by atoms with van der Waals surface area (Å²) in [5.74, 6) is 0. The number of piperidine rings is 1. The van der Waals surface area contributed by atoms with Crippen LogP contribution < -0.4 is 0 Å². The van der Waals surface area contributed by atoms with E-state index in [2.05, 4.69) is 4.90 Å². The number of rotatable bonds is 5. The summed E-state index contributed by atoms with van der Waals surface area (Å²) in [6.45, 7) is 9.73. The molecule has 15 heavy (non-hydrogen) atoms. The number of ether oxygens (including phenoxy) is 1. The van der Waals surface area contributed by atoms with E-state index in [4.69, 9.17) is 4.74 Å². The zero-order valence-corrected chi connectivity index (χ0v) is 10.2. The van der Waals surface area contributed by atoms with Crippen LogP contribution in [0.15, 0.2) is 0 Å². The van der Waals surface area contributed by atoms with Crippen molar-refractivity contribution in [2.45, 2.75) is 39.7 Å². The van der Waals surface area contributed by atoms with Crippen LogP contribution in [0, 0.1) is 5.41 Å². The van der Waals surface area contributed by atoms with E-state index >= 15 is 0 Å². The first kappa shape index (κ1) is 12.7. The Morgan fingerprint density at radius 2 is 2.27 bits per heavy atom. The van der Waals surface area contributed by atoms with Crippen LogP contribution in [0.4, 0.5) is 0 Å². The topological polar surface area (TPSA) is 29.5 Å². The lowest BCUT2D eigenvalue weighted by Gasteiger charge is -2.35. The molecule has 88 valence electrons. The molecule has 0 N–H and O–H groups in total. The van der Waals surface area contributed by atoms with Crippen LogP contribution in [-0.4, -0.2) is 43.5 Å². The van der Waals surface area contributed by atoms with Gasteiger partial charge in [0.1, 0.15) is 6.29 Å². The monoisotopic (exact) mass is 213 g/mol. The van der Waals surface area contributed by atoms with Gasteiger partial charge in [0.2, 0.25) is 0 Å². The lowest BCUT2D eigenvalue weighted by Crippen LogP contribution is -2.44. The smallest absolute Gasteiger partial charge is 0.126 e. The predicted octanol–water partition coefficient (Wildman–Crippen LogP) is 1.71. The molecule has 1 aliphatic heterocycles. The molecule has 0 aromatic rings. The van der Waals surface area contributed by atoms with Crippen LogP contribution in [0.5, 0.6) is 0 Å². The van der Waals surface area contributed by atoms with Gasteiger partial charge in [-0.1, -0.05) is 13.8 Å². The molecule has 3 nitrogen and oxygen atoms in total. The van der Waals surface area contributed by atoms with E-state index in [0.29, 0.717) is 6.10 Å². The fourth-order valence-corrected chi connectivity index (χ4v) is 2.14. The van der Waals surface area contributed by atoms with Gasteiger partial charge in [-0.2, -0.15) is 0 Å². The lowest BCUT2D eigenvalue weighted by molar-refractivity contribution is -0.116. The van der Waals surface area contributed by atoms with Crippen LogP contribution in [0.1, 0.15) is 33.6 Å². The van der Waals surface area contributed by atoms with Crippen molar-refractivity contribution >= 4 is 6.29 Å². The van der Waals surface area contributed by atoms with Gasteiger partial charge in [-0.25, -0.2) is 0 Å². The summed E-state index contributed by atoms with van der Waals surface area (Å²) in [6.07, 6.45) is 3.76. The van der Waals surface area contributed by atoms with Gasteiger partial charge in [0.25, 0.3) is 0 Å². The molecule has 1 saturated heterocycles. The maximum Gasteiger partial charge on any atom is 0.126 e. The molecular formula is C12H23NO2. The maximum absolute atomic E-state index is 10.8. The van der Waals surface area contributed by atoms with Gasteiger partial charge in [-0.05, 0) is 26.3 Å². The Balaban J connectivity index is 2.39. The van der Waals surface area contributed by atoms with Crippen molar-refractivity contribution < 1.29 is 9.53 Å². The van der Waals surface area contributed by atoms with Gasteiger partial charge in [-0.15, -0.1) is 0 Å². The van der Waals surface area contributed by atoms with E-state index in [-0.39, 0.29) is 5.41 Å². The summed E-state index contributed by atoms with van der Waals surface area (Å²) < 4.78 is 5.63. The fraction of sp³-hybridized carbons (Fsp3) is 0.917. The zero-order chi connectivity index (χ0) is 11.3. The predicted molar refractivity (Wildman–Crippen MR) is 60.9 cm³/mol. The highest BCUT2D eigenvalue weighted by molar-refractivity contribution is 5.58. The number of aldehydes is 1. The third-order valence-electron chi connectivity index (χ3n) is 2.81. The molecule has 1 aliphatic rings. The van der Waals surface area contributed by atoms with Crippen molar-refractivity contribution in [1.82, 2.24) is 4.90 Å². The molecule has 0 amide bonds. The number of nitrogens with zero attached hydrogens (tertiary/aromatic N) is 1. The van der Waals surface area contributed by atoms with Crippen LogP contribution >= 0.6 is 0 Å². The molecule has 0 bridgehead atoms. The van der Waals surface area contributed by atoms with Crippen molar-refractivity contribution in [3.8, 4) is 0 Å². The highest BCUT2D eigenvalue weighted by atomic mass is 16.5. The average molecular weight is 213 g/mol. The van der Waals surface area contributed by atoms with Crippen molar-refractivity contribution in [3.05, 3.63) is 0 Å². The largest absolute Gasteiger partial charge is 0.377 e. The second-order valence-corrected chi connectivity index (χ2v) is 5.06. The minimum absolute atomic E-state index is 0.228. The zero-order valence-electron chi connectivity index (χ0n) is 10.2. The molecule has 1 rings (SSSR count). The van der Waals surface area contributed by atoms with E-state index in [9.17, 15) is 4.79 Å². The van der Waals surface area contributed by atoms with Crippen molar-refractivity contribution in [3.63, 3.8) is 0 Å². The summed E-state index contributed by atoms with van der Waals surface area (Å²) in [7, 11) is 0. The number of carbonyl (C=O) groups excluding carboxylic acids is 1. The molecule has 1 atom stereocenters. The highest BCUT2D eigenvalue weighted by Gasteiger charge is 2.25. The molecule has 0 radical (unpaired) electrons. The lowest BCUT2D eigenvalue weighted by atomic mass is 9.94. The summed E-state index contributed by atoms with van der Waals surface area (Å²) in [5, 5.41) is 0. The van der Waals surface area contributed by atoms with Gasteiger partial charge >= 0.3 is 0 Å². The summed E-state index contributed by atoms with van der Waals surface area (Å²) in [5.41, 5.74) is -0.228. The van der Waals surface area contributed by atoms with E-state index in [1.165, 1.54) is 6.42 Å². The minimum atomic E-state index is -0.228. The maximum atomic E-state index is 10.8. The van der Waals surface area contributed by atoms with Crippen molar-refractivity contribution in [2.24, 2.45) is 5.41 Å². The Labute approximate surface area is 92.8 Å². The first-order valence-electron chi connectivity index (χ1n) is 5.87. The molecule has 0 aliphatic carbocycles. The second kappa shape index (κ2) is 5.61. The van der Waals surface area contributed by atoms with Crippen LogP contribution in [0.25, 0.3) is 0 Å².